The number of ether oxygens (including phenoxy) is 1. The van der Waals surface area contributed by atoms with Crippen molar-refractivity contribution in [2.45, 2.75) is 25.8 Å². The Morgan fingerprint density at radius 3 is 2.93 bits per heavy atom. The van der Waals surface area contributed by atoms with Crippen molar-refractivity contribution in [3.63, 3.8) is 0 Å². The summed E-state index contributed by atoms with van der Waals surface area (Å²) in [6, 6.07) is 15.2. The van der Waals surface area contributed by atoms with Crippen LogP contribution >= 0.6 is 0 Å². The van der Waals surface area contributed by atoms with Crippen LogP contribution in [0.25, 0.3) is 5.69 Å². The summed E-state index contributed by atoms with van der Waals surface area (Å²) in [7, 11) is -3.41. The quantitative estimate of drug-likeness (QED) is 0.665. The fourth-order valence-corrected chi connectivity index (χ4v) is 4.70. The van der Waals surface area contributed by atoms with Crippen molar-refractivity contribution in [2.75, 3.05) is 12.4 Å². The zero-order chi connectivity index (χ0) is 19.6. The Morgan fingerprint density at radius 2 is 2.11 bits per heavy atom. The van der Waals surface area contributed by atoms with Gasteiger partial charge < -0.3 is 4.74 Å². The van der Waals surface area contributed by atoms with E-state index in [1.165, 1.54) is 0 Å². The molecule has 1 aromatic heterocycles. The first-order valence-corrected chi connectivity index (χ1v) is 11.0. The normalized spacial score (nSPS) is 14.5. The maximum absolute atomic E-state index is 12.6. The van der Waals surface area contributed by atoms with Crippen LogP contribution in [0.4, 0.5) is 0 Å². The highest BCUT2D eigenvalue weighted by atomic mass is 32.2. The van der Waals surface area contributed by atoms with Crippen molar-refractivity contribution in [1.82, 2.24) is 14.5 Å². The molecule has 0 radical (unpaired) electrons. The number of benzene rings is 2. The number of aryl methyl sites for hydroxylation is 1. The minimum atomic E-state index is -3.41. The van der Waals surface area contributed by atoms with Crippen molar-refractivity contribution >= 4 is 10.0 Å². The summed E-state index contributed by atoms with van der Waals surface area (Å²) in [6.07, 6.45) is 4.93. The molecule has 1 aliphatic rings. The van der Waals surface area contributed by atoms with Gasteiger partial charge in [0.25, 0.3) is 0 Å². The molecule has 28 heavy (non-hydrogen) atoms. The Morgan fingerprint density at radius 1 is 1.21 bits per heavy atom. The standard InChI is InChI=1S/C21H23N3O3S/c1-16(18-4-2-5-20(15-18)24-11-3-10-22-24)23-28(25,26)13-9-17-6-7-21-19(14-17)8-12-27-21/h2-7,10-11,14-16,23H,8-9,12-13H2,1H3. The van der Waals surface area contributed by atoms with E-state index in [4.69, 9.17) is 4.74 Å². The number of nitrogens with zero attached hydrogens (tertiary/aromatic N) is 2. The summed E-state index contributed by atoms with van der Waals surface area (Å²) in [5.41, 5.74) is 3.97. The molecule has 0 saturated heterocycles. The second-order valence-electron chi connectivity index (χ2n) is 6.99. The van der Waals surface area contributed by atoms with Crippen molar-refractivity contribution in [2.24, 2.45) is 0 Å². The molecule has 0 spiro atoms. The van der Waals surface area contributed by atoms with Crippen LogP contribution in [0.15, 0.2) is 60.9 Å². The lowest BCUT2D eigenvalue weighted by molar-refractivity contribution is 0.357. The first-order valence-electron chi connectivity index (χ1n) is 9.35. The molecular weight excluding hydrogens is 374 g/mol. The number of rotatable bonds is 7. The fraction of sp³-hybridized carbons (Fsp3) is 0.286. The average Bonchev–Trinajstić information content (AvgIpc) is 3.37. The van der Waals surface area contributed by atoms with Gasteiger partial charge in [0.2, 0.25) is 10.0 Å². The molecule has 0 saturated carbocycles. The minimum Gasteiger partial charge on any atom is -0.493 e. The van der Waals surface area contributed by atoms with Crippen molar-refractivity contribution in [3.8, 4) is 11.4 Å². The molecule has 0 bridgehead atoms. The van der Waals surface area contributed by atoms with Gasteiger partial charge in [-0.3, -0.25) is 0 Å². The SMILES string of the molecule is CC(NS(=O)(=O)CCc1ccc2c(c1)CCO2)c1cccc(-n2cccn2)c1. The Hall–Kier alpha value is -2.64. The number of sulfonamides is 1. The number of hydrogen-bond acceptors (Lipinski definition) is 4. The van der Waals surface area contributed by atoms with Crippen LogP contribution in [0.2, 0.25) is 0 Å². The van der Waals surface area contributed by atoms with Gasteiger partial charge in [-0.15, -0.1) is 0 Å². The molecule has 2 heterocycles. The van der Waals surface area contributed by atoms with Gasteiger partial charge in [0, 0.05) is 24.9 Å². The van der Waals surface area contributed by atoms with E-state index in [9.17, 15) is 8.42 Å². The number of aromatic nitrogens is 2. The van der Waals surface area contributed by atoms with Crippen LogP contribution in [0.1, 0.15) is 29.7 Å². The third kappa shape index (κ3) is 4.26. The van der Waals surface area contributed by atoms with Crippen molar-refractivity contribution in [1.29, 1.82) is 0 Å². The second-order valence-corrected chi connectivity index (χ2v) is 8.87. The fourth-order valence-electron chi connectivity index (χ4n) is 3.40. The smallest absolute Gasteiger partial charge is 0.212 e. The predicted molar refractivity (Wildman–Crippen MR) is 108 cm³/mol. The number of fused-ring (bicyclic) bond motifs is 1. The molecule has 1 unspecified atom stereocenters. The van der Waals surface area contributed by atoms with E-state index >= 15 is 0 Å². The van der Waals surface area contributed by atoms with E-state index in [0.29, 0.717) is 13.0 Å². The summed E-state index contributed by atoms with van der Waals surface area (Å²) in [5, 5.41) is 4.22. The molecular formula is C21H23N3O3S. The van der Waals surface area contributed by atoms with Gasteiger partial charge in [-0.25, -0.2) is 17.8 Å². The molecule has 0 aliphatic carbocycles. The third-order valence-corrected chi connectivity index (χ3v) is 6.36. The molecule has 1 atom stereocenters. The molecule has 6 nitrogen and oxygen atoms in total. The monoisotopic (exact) mass is 397 g/mol. The summed E-state index contributed by atoms with van der Waals surface area (Å²) >= 11 is 0. The molecule has 4 rings (SSSR count). The maximum atomic E-state index is 12.6. The number of nitrogens with one attached hydrogen (secondary N) is 1. The van der Waals surface area contributed by atoms with E-state index in [2.05, 4.69) is 15.9 Å². The van der Waals surface area contributed by atoms with Crippen LogP contribution in [0.5, 0.6) is 5.75 Å². The van der Waals surface area contributed by atoms with E-state index < -0.39 is 10.0 Å². The molecule has 0 fully saturated rings. The Labute approximate surface area is 165 Å². The van der Waals surface area contributed by atoms with Crippen LogP contribution in [-0.4, -0.2) is 30.6 Å². The van der Waals surface area contributed by atoms with Gasteiger partial charge in [0.1, 0.15) is 5.75 Å². The van der Waals surface area contributed by atoms with Crippen molar-refractivity contribution < 1.29 is 13.2 Å². The maximum Gasteiger partial charge on any atom is 0.212 e. The highest BCUT2D eigenvalue weighted by Crippen LogP contribution is 2.26. The average molecular weight is 398 g/mol. The first-order chi connectivity index (χ1) is 13.5. The highest BCUT2D eigenvalue weighted by molar-refractivity contribution is 7.89. The lowest BCUT2D eigenvalue weighted by Crippen LogP contribution is -2.30. The number of hydrogen-bond donors (Lipinski definition) is 1. The second kappa shape index (κ2) is 7.77. The Kier molecular flexibility index (Phi) is 5.19. The Balaban J connectivity index is 1.41. The molecule has 2 aromatic carbocycles. The molecule has 0 amide bonds. The Bertz CT molecular complexity index is 1060. The van der Waals surface area contributed by atoms with Gasteiger partial charge in [-0.1, -0.05) is 24.3 Å². The van der Waals surface area contributed by atoms with Gasteiger partial charge in [0.15, 0.2) is 0 Å². The van der Waals surface area contributed by atoms with Gasteiger partial charge in [-0.05, 0) is 54.3 Å². The van der Waals surface area contributed by atoms with Crippen molar-refractivity contribution in [3.05, 3.63) is 77.6 Å². The van der Waals surface area contributed by atoms with Crippen LogP contribution in [0, 0.1) is 0 Å². The third-order valence-electron chi connectivity index (χ3n) is 4.91. The van der Waals surface area contributed by atoms with Gasteiger partial charge >= 0.3 is 0 Å². The zero-order valence-corrected chi connectivity index (χ0v) is 16.5. The molecule has 146 valence electrons. The molecule has 3 aromatic rings. The van der Waals surface area contributed by atoms with Crippen LogP contribution in [-0.2, 0) is 22.9 Å². The van der Waals surface area contributed by atoms with E-state index in [1.54, 1.807) is 10.9 Å². The summed E-state index contributed by atoms with van der Waals surface area (Å²) in [5.74, 6) is 0.964. The minimum absolute atomic E-state index is 0.0514. The van der Waals surface area contributed by atoms with Crippen LogP contribution < -0.4 is 9.46 Å². The van der Waals surface area contributed by atoms with Gasteiger partial charge in [0.05, 0.1) is 18.0 Å². The molecule has 1 N–H and O–H groups in total. The summed E-state index contributed by atoms with van der Waals surface area (Å²) in [6.45, 7) is 2.56. The van der Waals surface area contributed by atoms with Gasteiger partial charge in [-0.2, -0.15) is 5.10 Å². The highest BCUT2D eigenvalue weighted by Gasteiger charge is 2.18. The van der Waals surface area contributed by atoms with E-state index in [1.807, 2.05) is 55.6 Å². The topological polar surface area (TPSA) is 73.2 Å². The van der Waals surface area contributed by atoms with E-state index in [-0.39, 0.29) is 11.8 Å². The zero-order valence-electron chi connectivity index (χ0n) is 15.7. The lowest BCUT2D eigenvalue weighted by Gasteiger charge is -2.16. The summed E-state index contributed by atoms with van der Waals surface area (Å²) in [4.78, 5) is 0. The predicted octanol–water partition coefficient (Wildman–Crippen LogP) is 3.03. The van der Waals surface area contributed by atoms with E-state index in [0.717, 1.165) is 34.5 Å². The first kappa shape index (κ1) is 18.7. The lowest BCUT2D eigenvalue weighted by atomic mass is 10.1. The molecule has 7 heteroatoms. The largest absolute Gasteiger partial charge is 0.493 e. The van der Waals surface area contributed by atoms with Crippen LogP contribution in [0.3, 0.4) is 0 Å². The molecule has 1 aliphatic heterocycles. The summed E-state index contributed by atoms with van der Waals surface area (Å²) < 4.78 is 35.2.